The Morgan fingerprint density at radius 1 is 0.811 bits per heavy atom. The molecule has 4 aliphatic heterocycles. The molecule has 0 aliphatic carbocycles. The molecule has 2 aromatic carbocycles. The highest BCUT2D eigenvalue weighted by Crippen LogP contribution is 2.39. The predicted octanol–water partition coefficient (Wildman–Crippen LogP) is 6.51. The fraction of sp³-hybridized carbons (Fsp3) is 0.558. The van der Waals surface area contributed by atoms with Gasteiger partial charge in [-0.1, -0.05) is 45.5 Å². The first-order valence-corrected chi connectivity index (χ1v) is 19.8. The Morgan fingerprint density at radius 3 is 2.08 bits per heavy atom. The first-order valence-electron chi connectivity index (χ1n) is 19.8. The molecule has 53 heavy (non-hydrogen) atoms. The van der Waals surface area contributed by atoms with E-state index in [2.05, 4.69) is 29.7 Å². The number of carbonyl (C=O) groups excluding carboxylic acids is 3. The van der Waals surface area contributed by atoms with Gasteiger partial charge < -0.3 is 29.3 Å². The summed E-state index contributed by atoms with van der Waals surface area (Å²) in [7, 11) is 0. The number of rotatable bonds is 12. The number of nitrogens with zero attached hydrogens (tertiary/aromatic N) is 4. The number of piperidine rings is 2. The van der Waals surface area contributed by atoms with Crippen LogP contribution in [0.1, 0.15) is 107 Å². The number of amides is 3. The summed E-state index contributed by atoms with van der Waals surface area (Å²) in [5, 5.41) is 11.1. The lowest BCUT2D eigenvalue weighted by Gasteiger charge is -2.34. The molecule has 0 bridgehead atoms. The number of ether oxygens (including phenoxy) is 2. The fourth-order valence-corrected chi connectivity index (χ4v) is 8.47. The van der Waals surface area contributed by atoms with E-state index in [0.29, 0.717) is 32.6 Å². The van der Waals surface area contributed by atoms with Gasteiger partial charge in [0.15, 0.2) is 0 Å². The quantitative estimate of drug-likeness (QED) is 0.249. The van der Waals surface area contributed by atoms with Crippen molar-refractivity contribution in [3.05, 3.63) is 77.9 Å². The van der Waals surface area contributed by atoms with Crippen molar-refractivity contribution in [3.63, 3.8) is 0 Å². The second kappa shape index (κ2) is 17.8. The standard InChI is InChI=1S/C43H58N4O6/c1-5-40(48)44-24-18-34(19-25-44)53-36-16-14-31(37(29-36)39-13-9-23-47(39)43(51)30(3)4)15-17-42(50)45-26-20-33(21-27-45)52-35-11-7-10-32(28-35)38-12-8-22-46(38)41(49)6-2/h5,7,10-11,14-17,28-30,33-34,38-39,43,51H,1,6,8-9,12-13,18-27H2,2-4H3/b17-15+. The van der Waals surface area contributed by atoms with Crippen LogP contribution in [0, 0.1) is 5.92 Å². The number of aliphatic hydroxyl groups is 1. The Labute approximate surface area is 315 Å². The minimum atomic E-state index is -0.564. The first-order chi connectivity index (χ1) is 25.6. The van der Waals surface area contributed by atoms with Crippen molar-refractivity contribution in [1.29, 1.82) is 0 Å². The van der Waals surface area contributed by atoms with Gasteiger partial charge in [0.2, 0.25) is 17.7 Å². The van der Waals surface area contributed by atoms with Crippen LogP contribution in [0.4, 0.5) is 0 Å². The molecule has 0 radical (unpaired) electrons. The van der Waals surface area contributed by atoms with Crippen molar-refractivity contribution in [1.82, 2.24) is 19.6 Å². The summed E-state index contributed by atoms with van der Waals surface area (Å²) < 4.78 is 12.9. The van der Waals surface area contributed by atoms with E-state index in [1.807, 2.05) is 65.8 Å². The van der Waals surface area contributed by atoms with Crippen LogP contribution in [0.3, 0.4) is 0 Å². The number of likely N-dealkylation sites (tertiary alicyclic amines) is 4. The van der Waals surface area contributed by atoms with Crippen LogP contribution in [-0.2, 0) is 14.4 Å². The molecule has 0 aromatic heterocycles. The van der Waals surface area contributed by atoms with Gasteiger partial charge in [0, 0.05) is 83.5 Å². The lowest BCUT2D eigenvalue weighted by atomic mass is 9.96. The number of carbonyl (C=O) groups is 3. The monoisotopic (exact) mass is 726 g/mol. The van der Waals surface area contributed by atoms with E-state index in [1.54, 1.807) is 6.08 Å². The van der Waals surface area contributed by atoms with Crippen LogP contribution in [-0.4, -0.2) is 100 Å². The van der Waals surface area contributed by atoms with E-state index >= 15 is 0 Å². The molecule has 286 valence electrons. The third-order valence-corrected chi connectivity index (χ3v) is 11.5. The summed E-state index contributed by atoms with van der Waals surface area (Å²) in [6.45, 7) is 13.7. The van der Waals surface area contributed by atoms with Crippen LogP contribution >= 0.6 is 0 Å². The van der Waals surface area contributed by atoms with Crippen LogP contribution in [0.25, 0.3) is 6.08 Å². The van der Waals surface area contributed by atoms with Gasteiger partial charge in [0.05, 0.1) is 6.04 Å². The van der Waals surface area contributed by atoms with E-state index in [1.165, 1.54) is 6.08 Å². The van der Waals surface area contributed by atoms with Gasteiger partial charge in [-0.15, -0.1) is 0 Å². The largest absolute Gasteiger partial charge is 0.490 e. The average molecular weight is 727 g/mol. The van der Waals surface area contributed by atoms with Crippen molar-refractivity contribution in [2.24, 2.45) is 5.92 Å². The Kier molecular flexibility index (Phi) is 12.9. The van der Waals surface area contributed by atoms with Gasteiger partial charge in [-0.2, -0.15) is 0 Å². The van der Waals surface area contributed by atoms with Crippen molar-refractivity contribution in [2.75, 3.05) is 39.3 Å². The number of benzene rings is 2. The minimum absolute atomic E-state index is 0.00518. The van der Waals surface area contributed by atoms with Gasteiger partial charge in [0.1, 0.15) is 29.9 Å². The second-order valence-corrected chi connectivity index (χ2v) is 15.3. The Bertz CT molecular complexity index is 1630. The van der Waals surface area contributed by atoms with Gasteiger partial charge in [-0.25, -0.2) is 0 Å². The average Bonchev–Trinajstić information content (AvgIpc) is 3.88. The van der Waals surface area contributed by atoms with E-state index in [4.69, 9.17) is 9.47 Å². The van der Waals surface area contributed by atoms with Crippen LogP contribution < -0.4 is 9.47 Å². The maximum Gasteiger partial charge on any atom is 0.246 e. The molecule has 4 heterocycles. The summed E-state index contributed by atoms with van der Waals surface area (Å²) in [6.07, 6.45) is 11.8. The molecule has 10 heteroatoms. The molecule has 4 aliphatic rings. The fourth-order valence-electron chi connectivity index (χ4n) is 8.47. The molecule has 0 saturated carbocycles. The summed E-state index contributed by atoms with van der Waals surface area (Å²) in [6, 6.07) is 14.4. The lowest BCUT2D eigenvalue weighted by molar-refractivity contribution is -0.132. The molecule has 4 fully saturated rings. The normalized spacial score (nSPS) is 22.5. The van der Waals surface area contributed by atoms with Crippen molar-refractivity contribution in [2.45, 2.75) is 109 Å². The zero-order valence-corrected chi connectivity index (χ0v) is 31.8. The summed E-state index contributed by atoms with van der Waals surface area (Å²) >= 11 is 0. The molecule has 4 saturated heterocycles. The molecular weight excluding hydrogens is 668 g/mol. The Balaban J connectivity index is 1.09. The maximum absolute atomic E-state index is 13.5. The van der Waals surface area contributed by atoms with E-state index in [0.717, 1.165) is 92.6 Å². The van der Waals surface area contributed by atoms with Crippen molar-refractivity contribution in [3.8, 4) is 11.5 Å². The topological polar surface area (TPSA) is 103 Å². The molecule has 3 unspecified atom stereocenters. The third kappa shape index (κ3) is 9.33. The van der Waals surface area contributed by atoms with E-state index in [9.17, 15) is 19.5 Å². The molecule has 2 aromatic rings. The zero-order chi connectivity index (χ0) is 37.5. The third-order valence-electron chi connectivity index (χ3n) is 11.5. The van der Waals surface area contributed by atoms with Gasteiger partial charge in [-0.3, -0.25) is 19.3 Å². The lowest BCUT2D eigenvalue weighted by Crippen LogP contribution is -2.41. The van der Waals surface area contributed by atoms with Crippen LogP contribution in [0.2, 0.25) is 0 Å². The highest BCUT2D eigenvalue weighted by molar-refractivity contribution is 5.92. The highest BCUT2D eigenvalue weighted by atomic mass is 16.5. The number of hydrogen-bond acceptors (Lipinski definition) is 7. The molecule has 3 amide bonds. The molecule has 10 nitrogen and oxygen atoms in total. The number of hydrogen-bond donors (Lipinski definition) is 1. The summed E-state index contributed by atoms with van der Waals surface area (Å²) in [5.74, 6) is 1.81. The van der Waals surface area contributed by atoms with Gasteiger partial charge >= 0.3 is 0 Å². The molecular formula is C43H58N4O6. The van der Waals surface area contributed by atoms with E-state index in [-0.39, 0.29) is 47.9 Å². The summed E-state index contributed by atoms with van der Waals surface area (Å²) in [5.41, 5.74) is 3.13. The molecule has 6 rings (SSSR count). The van der Waals surface area contributed by atoms with Gasteiger partial charge in [-0.05, 0) is 84.7 Å². The first kappa shape index (κ1) is 38.6. The van der Waals surface area contributed by atoms with E-state index < -0.39 is 6.23 Å². The predicted molar refractivity (Wildman–Crippen MR) is 206 cm³/mol. The zero-order valence-electron chi connectivity index (χ0n) is 31.8. The minimum Gasteiger partial charge on any atom is -0.490 e. The Morgan fingerprint density at radius 2 is 1.43 bits per heavy atom. The Hall–Kier alpha value is -4.15. The SMILES string of the molecule is C=CC(=O)N1CCC(Oc2ccc(/C=C/C(=O)N3CCC(Oc4cccc(C5CCCN5C(=O)CC)c4)CC3)c(C3CCCN3C(O)C(C)C)c2)CC1. The highest BCUT2D eigenvalue weighted by Gasteiger charge is 2.34. The van der Waals surface area contributed by atoms with Crippen molar-refractivity contribution < 1.29 is 29.0 Å². The number of aliphatic hydroxyl groups excluding tert-OH is 1. The van der Waals surface area contributed by atoms with Gasteiger partial charge in [0.25, 0.3) is 0 Å². The second-order valence-electron chi connectivity index (χ2n) is 15.3. The van der Waals surface area contributed by atoms with Crippen LogP contribution in [0.5, 0.6) is 11.5 Å². The summed E-state index contributed by atoms with van der Waals surface area (Å²) in [4.78, 5) is 45.9. The van der Waals surface area contributed by atoms with Crippen molar-refractivity contribution >= 4 is 23.8 Å². The smallest absolute Gasteiger partial charge is 0.246 e. The molecule has 3 atom stereocenters. The molecule has 0 spiro atoms. The maximum atomic E-state index is 13.5. The van der Waals surface area contributed by atoms with Crippen LogP contribution in [0.15, 0.2) is 61.2 Å². The molecule has 1 N–H and O–H groups in total.